The highest BCUT2D eigenvalue weighted by atomic mass is 16.5. The molecule has 0 aromatic carbocycles. The van der Waals surface area contributed by atoms with Crippen LogP contribution in [0.2, 0.25) is 0 Å². The molecule has 1 aliphatic carbocycles. The second-order valence-electron chi connectivity index (χ2n) is 5.54. The number of carbonyl (C=O) groups excluding carboxylic acids is 2. The van der Waals surface area contributed by atoms with Gasteiger partial charge in [-0.3, -0.25) is 9.59 Å². The smallest absolute Gasteiger partial charge is 0.246 e. The fraction of sp³-hybridized carbons (Fsp3) is 0.846. The molecule has 5 nitrogen and oxygen atoms in total. The first kappa shape index (κ1) is 13.3. The second-order valence-corrected chi connectivity index (χ2v) is 5.54. The Kier molecular flexibility index (Phi) is 3.90. The number of piperazine rings is 1. The van der Waals surface area contributed by atoms with Gasteiger partial charge in [-0.25, -0.2) is 0 Å². The first-order chi connectivity index (χ1) is 8.56. The summed E-state index contributed by atoms with van der Waals surface area (Å²) in [7, 11) is 1.61. The number of hydrogen-bond donors (Lipinski definition) is 1. The quantitative estimate of drug-likeness (QED) is 0.772. The minimum absolute atomic E-state index is 0.00639. The zero-order valence-corrected chi connectivity index (χ0v) is 11.3. The molecule has 1 saturated carbocycles. The molecule has 18 heavy (non-hydrogen) atoms. The van der Waals surface area contributed by atoms with Crippen LogP contribution in [0.3, 0.4) is 0 Å². The normalized spacial score (nSPS) is 28.8. The summed E-state index contributed by atoms with van der Waals surface area (Å²) in [5.41, 5.74) is 0. The van der Waals surface area contributed by atoms with E-state index in [1.165, 1.54) is 0 Å². The van der Waals surface area contributed by atoms with Crippen molar-refractivity contribution in [1.29, 1.82) is 0 Å². The molecule has 1 N–H and O–H groups in total. The Morgan fingerprint density at radius 2 is 2.06 bits per heavy atom. The van der Waals surface area contributed by atoms with E-state index in [0.717, 1.165) is 12.8 Å². The lowest BCUT2D eigenvalue weighted by Gasteiger charge is -2.40. The van der Waals surface area contributed by atoms with E-state index in [-0.39, 0.29) is 29.8 Å². The molecule has 5 heteroatoms. The molecule has 1 aliphatic heterocycles. The lowest BCUT2D eigenvalue weighted by Crippen LogP contribution is -2.65. The maximum Gasteiger partial charge on any atom is 0.246 e. The average molecular weight is 254 g/mol. The van der Waals surface area contributed by atoms with Gasteiger partial charge in [0.05, 0.1) is 6.61 Å². The van der Waals surface area contributed by atoms with Gasteiger partial charge in [0.2, 0.25) is 11.8 Å². The maximum atomic E-state index is 12.4. The molecule has 1 heterocycles. The molecule has 2 unspecified atom stereocenters. The van der Waals surface area contributed by atoms with Crippen molar-refractivity contribution < 1.29 is 14.3 Å². The molecule has 102 valence electrons. The van der Waals surface area contributed by atoms with Gasteiger partial charge < -0.3 is 15.0 Å². The number of nitrogens with zero attached hydrogens (tertiary/aromatic N) is 1. The molecular formula is C13H22N2O3. The van der Waals surface area contributed by atoms with Gasteiger partial charge in [0.25, 0.3) is 0 Å². The zero-order chi connectivity index (χ0) is 13.3. The highest BCUT2D eigenvalue weighted by Crippen LogP contribution is 2.37. The molecule has 2 atom stereocenters. The number of methoxy groups -OCH3 is 1. The van der Waals surface area contributed by atoms with Gasteiger partial charge in [-0.05, 0) is 24.7 Å². The molecular weight excluding hydrogens is 232 g/mol. The fourth-order valence-corrected chi connectivity index (χ4v) is 2.53. The van der Waals surface area contributed by atoms with E-state index in [1.54, 1.807) is 12.0 Å². The molecule has 1 saturated heterocycles. The van der Waals surface area contributed by atoms with Crippen molar-refractivity contribution in [3.05, 3.63) is 0 Å². The highest BCUT2D eigenvalue weighted by Gasteiger charge is 2.48. The summed E-state index contributed by atoms with van der Waals surface area (Å²) in [6, 6.07) is -0.660. The predicted octanol–water partition coefficient (Wildman–Crippen LogP) is 0.394. The van der Waals surface area contributed by atoms with Crippen LogP contribution in [0.1, 0.15) is 26.7 Å². The molecule has 2 amide bonds. The van der Waals surface area contributed by atoms with E-state index in [2.05, 4.69) is 5.32 Å². The van der Waals surface area contributed by atoms with Crippen LogP contribution in [0.4, 0.5) is 0 Å². The number of amides is 2. The summed E-state index contributed by atoms with van der Waals surface area (Å²) in [5.74, 6) is 0.510. The minimum Gasteiger partial charge on any atom is -0.383 e. The third-order valence-corrected chi connectivity index (χ3v) is 3.72. The third-order valence-electron chi connectivity index (χ3n) is 3.72. The fourth-order valence-electron chi connectivity index (χ4n) is 2.53. The van der Waals surface area contributed by atoms with Gasteiger partial charge in [-0.1, -0.05) is 13.8 Å². The zero-order valence-electron chi connectivity index (χ0n) is 11.3. The van der Waals surface area contributed by atoms with Crippen LogP contribution in [0.25, 0.3) is 0 Å². The van der Waals surface area contributed by atoms with Crippen molar-refractivity contribution in [2.75, 3.05) is 20.3 Å². The van der Waals surface area contributed by atoms with Crippen LogP contribution in [-0.2, 0) is 14.3 Å². The van der Waals surface area contributed by atoms with Crippen molar-refractivity contribution in [1.82, 2.24) is 10.2 Å². The molecule has 2 aliphatic rings. The van der Waals surface area contributed by atoms with E-state index in [4.69, 9.17) is 4.74 Å². The Hall–Kier alpha value is -1.10. The van der Waals surface area contributed by atoms with Crippen LogP contribution in [0, 0.1) is 11.8 Å². The van der Waals surface area contributed by atoms with Crippen LogP contribution in [0.5, 0.6) is 0 Å². The summed E-state index contributed by atoms with van der Waals surface area (Å²) in [6.07, 6.45) is 2.09. The predicted molar refractivity (Wildman–Crippen MR) is 66.9 cm³/mol. The molecule has 0 radical (unpaired) electrons. The number of carbonyl (C=O) groups is 2. The molecule has 0 bridgehead atoms. The number of rotatable bonds is 5. The first-order valence-corrected chi connectivity index (χ1v) is 6.66. The van der Waals surface area contributed by atoms with Crippen LogP contribution < -0.4 is 5.32 Å². The lowest BCUT2D eigenvalue weighted by atomic mass is 9.96. The third kappa shape index (κ3) is 2.51. The standard InChI is InChI=1S/C13H22N2O3/c1-8(2)10-13(17)15(6-7-18-3)11(9-4-5-9)12(16)14-10/h8-11H,4-7H2,1-3H3,(H,14,16). The second kappa shape index (κ2) is 5.26. The summed E-state index contributed by atoms with van der Waals surface area (Å²) < 4.78 is 5.05. The van der Waals surface area contributed by atoms with Crippen LogP contribution >= 0.6 is 0 Å². The van der Waals surface area contributed by atoms with Gasteiger partial charge in [0.15, 0.2) is 0 Å². The Labute approximate surface area is 108 Å². The largest absolute Gasteiger partial charge is 0.383 e. The van der Waals surface area contributed by atoms with Gasteiger partial charge in [0.1, 0.15) is 12.1 Å². The van der Waals surface area contributed by atoms with Crippen molar-refractivity contribution in [3.8, 4) is 0 Å². The van der Waals surface area contributed by atoms with E-state index >= 15 is 0 Å². The van der Waals surface area contributed by atoms with Gasteiger partial charge in [-0.15, -0.1) is 0 Å². The number of ether oxygens (including phenoxy) is 1. The molecule has 0 spiro atoms. The van der Waals surface area contributed by atoms with Crippen molar-refractivity contribution in [2.24, 2.45) is 11.8 Å². The van der Waals surface area contributed by atoms with Crippen molar-refractivity contribution in [3.63, 3.8) is 0 Å². The van der Waals surface area contributed by atoms with E-state index < -0.39 is 0 Å². The Balaban J connectivity index is 2.15. The lowest BCUT2D eigenvalue weighted by molar-refractivity contribution is -0.152. The van der Waals surface area contributed by atoms with E-state index in [1.807, 2.05) is 13.8 Å². The summed E-state index contributed by atoms with van der Waals surface area (Å²) >= 11 is 0. The van der Waals surface area contributed by atoms with Crippen molar-refractivity contribution >= 4 is 11.8 Å². The Morgan fingerprint density at radius 1 is 1.39 bits per heavy atom. The summed E-state index contributed by atoms with van der Waals surface area (Å²) in [4.78, 5) is 26.3. The topological polar surface area (TPSA) is 58.6 Å². The van der Waals surface area contributed by atoms with Gasteiger partial charge in [0, 0.05) is 13.7 Å². The van der Waals surface area contributed by atoms with Gasteiger partial charge >= 0.3 is 0 Å². The van der Waals surface area contributed by atoms with Crippen molar-refractivity contribution in [2.45, 2.75) is 38.8 Å². The molecule has 0 aromatic heterocycles. The Morgan fingerprint density at radius 3 is 2.56 bits per heavy atom. The summed E-state index contributed by atoms with van der Waals surface area (Å²) in [6.45, 7) is 4.89. The average Bonchev–Trinajstić information content (AvgIpc) is 3.13. The van der Waals surface area contributed by atoms with E-state index in [0.29, 0.717) is 19.1 Å². The molecule has 0 aromatic rings. The minimum atomic E-state index is -0.385. The molecule has 2 fully saturated rings. The first-order valence-electron chi connectivity index (χ1n) is 6.66. The monoisotopic (exact) mass is 254 g/mol. The van der Waals surface area contributed by atoms with E-state index in [9.17, 15) is 9.59 Å². The Bertz CT molecular complexity index is 339. The summed E-state index contributed by atoms with van der Waals surface area (Å²) in [5, 5.41) is 2.87. The molecule has 2 rings (SSSR count). The van der Waals surface area contributed by atoms with Crippen LogP contribution in [-0.4, -0.2) is 49.1 Å². The highest BCUT2D eigenvalue weighted by molar-refractivity contribution is 5.97. The number of nitrogens with one attached hydrogen (secondary N) is 1. The van der Waals surface area contributed by atoms with Crippen LogP contribution in [0.15, 0.2) is 0 Å². The maximum absolute atomic E-state index is 12.4. The number of hydrogen-bond acceptors (Lipinski definition) is 3. The SMILES string of the molecule is COCCN1C(=O)C(C(C)C)NC(=O)C1C1CC1. The van der Waals surface area contributed by atoms with Gasteiger partial charge in [-0.2, -0.15) is 0 Å².